The molecule has 0 bridgehead atoms. The lowest BCUT2D eigenvalue weighted by Crippen LogP contribution is -2.48. The lowest BCUT2D eigenvalue weighted by Gasteiger charge is -2.28. The van der Waals surface area contributed by atoms with E-state index < -0.39 is 30.2 Å². The third kappa shape index (κ3) is 5.09. The van der Waals surface area contributed by atoms with Crippen molar-refractivity contribution in [3.05, 3.63) is 35.6 Å². The Morgan fingerprint density at radius 2 is 1.70 bits per heavy atom. The zero-order valence-electron chi connectivity index (χ0n) is 12.2. The standard InChI is InChI=1S/C15H18F4N2O2/c16-10-3-1-9(2-4-10)13(15(17,18)19)21-14(23)20-11-5-7-12(22)8-6-11/h1-4,11-13,22H,5-8H2,(H2,20,21,23). The van der Waals surface area contributed by atoms with E-state index in [2.05, 4.69) is 5.32 Å². The van der Waals surface area contributed by atoms with Crippen LogP contribution < -0.4 is 10.6 Å². The number of benzene rings is 1. The number of hydrogen-bond donors (Lipinski definition) is 3. The van der Waals surface area contributed by atoms with Gasteiger partial charge < -0.3 is 15.7 Å². The van der Waals surface area contributed by atoms with Crippen molar-refractivity contribution >= 4 is 6.03 Å². The second kappa shape index (κ2) is 7.16. The van der Waals surface area contributed by atoms with Crippen LogP contribution in [0, 0.1) is 5.82 Å². The molecule has 0 radical (unpaired) electrons. The van der Waals surface area contributed by atoms with Crippen molar-refractivity contribution in [2.75, 3.05) is 0 Å². The van der Waals surface area contributed by atoms with Gasteiger partial charge in [0, 0.05) is 6.04 Å². The SMILES string of the molecule is O=C(NC1CCC(O)CC1)NC(c1ccc(F)cc1)C(F)(F)F. The highest BCUT2D eigenvalue weighted by molar-refractivity contribution is 5.75. The average molecular weight is 334 g/mol. The summed E-state index contributed by atoms with van der Waals surface area (Å²) >= 11 is 0. The Labute approximate surface area is 130 Å². The van der Waals surface area contributed by atoms with Crippen molar-refractivity contribution in [1.29, 1.82) is 0 Å². The molecule has 4 nitrogen and oxygen atoms in total. The summed E-state index contributed by atoms with van der Waals surface area (Å²) in [6.45, 7) is 0. The number of carbonyl (C=O) groups excluding carboxylic acids is 1. The van der Waals surface area contributed by atoms with Crippen molar-refractivity contribution in [3.63, 3.8) is 0 Å². The summed E-state index contributed by atoms with van der Waals surface area (Å²) < 4.78 is 52.2. The molecule has 1 atom stereocenters. The van der Waals surface area contributed by atoms with Crippen LogP contribution in [0.2, 0.25) is 0 Å². The largest absolute Gasteiger partial charge is 0.412 e. The van der Waals surface area contributed by atoms with Gasteiger partial charge in [0.25, 0.3) is 0 Å². The Hall–Kier alpha value is -1.83. The first kappa shape index (κ1) is 17.5. The zero-order chi connectivity index (χ0) is 17.0. The van der Waals surface area contributed by atoms with Gasteiger partial charge in [-0.3, -0.25) is 0 Å². The third-order valence-electron chi connectivity index (χ3n) is 3.84. The van der Waals surface area contributed by atoms with Gasteiger partial charge >= 0.3 is 12.2 Å². The van der Waals surface area contributed by atoms with Crippen LogP contribution in [0.1, 0.15) is 37.3 Å². The van der Waals surface area contributed by atoms with Crippen molar-refractivity contribution in [3.8, 4) is 0 Å². The normalized spacial score (nSPS) is 23.2. The highest BCUT2D eigenvalue weighted by Crippen LogP contribution is 2.32. The third-order valence-corrected chi connectivity index (χ3v) is 3.84. The molecule has 2 amide bonds. The number of hydrogen-bond acceptors (Lipinski definition) is 2. The minimum atomic E-state index is -4.70. The molecular weight excluding hydrogens is 316 g/mol. The number of urea groups is 1. The van der Waals surface area contributed by atoms with Gasteiger partial charge in [-0.2, -0.15) is 13.2 Å². The van der Waals surface area contributed by atoms with Gasteiger partial charge in [0.15, 0.2) is 6.04 Å². The van der Waals surface area contributed by atoms with Crippen molar-refractivity contribution in [1.82, 2.24) is 10.6 Å². The van der Waals surface area contributed by atoms with E-state index in [1.807, 2.05) is 5.32 Å². The average Bonchev–Trinajstić information content (AvgIpc) is 2.47. The van der Waals surface area contributed by atoms with Gasteiger partial charge in [-0.15, -0.1) is 0 Å². The maximum Gasteiger partial charge on any atom is 0.412 e. The molecule has 1 aliphatic carbocycles. The molecule has 1 aromatic carbocycles. The molecule has 1 saturated carbocycles. The fraction of sp³-hybridized carbons (Fsp3) is 0.533. The number of aliphatic hydroxyl groups is 1. The molecule has 23 heavy (non-hydrogen) atoms. The molecule has 128 valence electrons. The minimum Gasteiger partial charge on any atom is -0.393 e. The topological polar surface area (TPSA) is 61.4 Å². The second-order valence-corrected chi connectivity index (χ2v) is 5.65. The van der Waals surface area contributed by atoms with Crippen LogP contribution in [-0.2, 0) is 0 Å². The van der Waals surface area contributed by atoms with E-state index in [0.29, 0.717) is 25.7 Å². The predicted molar refractivity (Wildman–Crippen MR) is 75.1 cm³/mol. The Bertz CT molecular complexity index is 525. The number of carbonyl (C=O) groups is 1. The van der Waals surface area contributed by atoms with E-state index in [4.69, 9.17) is 0 Å². The molecule has 1 aromatic rings. The lowest BCUT2D eigenvalue weighted by atomic mass is 9.93. The van der Waals surface area contributed by atoms with E-state index >= 15 is 0 Å². The van der Waals surface area contributed by atoms with Crippen molar-refractivity contribution in [2.45, 2.75) is 50.0 Å². The lowest BCUT2D eigenvalue weighted by molar-refractivity contribution is -0.155. The van der Waals surface area contributed by atoms with Gasteiger partial charge in [0.2, 0.25) is 0 Å². The summed E-state index contributed by atoms with van der Waals surface area (Å²) in [5, 5.41) is 13.8. The smallest absolute Gasteiger partial charge is 0.393 e. The Morgan fingerprint density at radius 3 is 2.22 bits per heavy atom. The summed E-state index contributed by atoms with van der Waals surface area (Å²) in [5.74, 6) is -0.653. The number of halogens is 4. The van der Waals surface area contributed by atoms with E-state index in [1.54, 1.807) is 0 Å². The van der Waals surface area contributed by atoms with E-state index in [-0.39, 0.29) is 11.6 Å². The molecule has 0 aromatic heterocycles. The highest BCUT2D eigenvalue weighted by Gasteiger charge is 2.42. The number of nitrogens with one attached hydrogen (secondary N) is 2. The van der Waals surface area contributed by atoms with Gasteiger partial charge in [0.1, 0.15) is 5.82 Å². The van der Waals surface area contributed by atoms with Crippen LogP contribution >= 0.6 is 0 Å². The monoisotopic (exact) mass is 334 g/mol. The van der Waals surface area contributed by atoms with Crippen LogP contribution in [0.15, 0.2) is 24.3 Å². The molecule has 1 fully saturated rings. The van der Waals surface area contributed by atoms with Crippen LogP contribution in [0.4, 0.5) is 22.4 Å². The first-order valence-electron chi connectivity index (χ1n) is 7.33. The predicted octanol–water partition coefficient (Wildman–Crippen LogP) is 3.03. The van der Waals surface area contributed by atoms with Crippen LogP contribution in [-0.4, -0.2) is 29.5 Å². The molecule has 1 aliphatic rings. The Kier molecular flexibility index (Phi) is 5.46. The summed E-state index contributed by atoms with van der Waals surface area (Å²) in [7, 11) is 0. The Balaban J connectivity index is 2.00. The summed E-state index contributed by atoms with van der Waals surface area (Å²) in [6.07, 6.45) is -3.07. The number of aliphatic hydroxyl groups excluding tert-OH is 1. The Morgan fingerprint density at radius 1 is 1.13 bits per heavy atom. The maximum atomic E-state index is 13.1. The molecule has 0 heterocycles. The van der Waals surface area contributed by atoms with E-state index in [9.17, 15) is 27.5 Å². The van der Waals surface area contributed by atoms with Gasteiger partial charge in [-0.1, -0.05) is 12.1 Å². The molecule has 8 heteroatoms. The molecule has 1 unspecified atom stereocenters. The first-order chi connectivity index (χ1) is 10.8. The zero-order valence-corrected chi connectivity index (χ0v) is 12.2. The summed E-state index contributed by atoms with van der Waals surface area (Å²) in [6, 6.07) is 0.401. The van der Waals surface area contributed by atoms with Crippen LogP contribution in [0.5, 0.6) is 0 Å². The first-order valence-corrected chi connectivity index (χ1v) is 7.33. The van der Waals surface area contributed by atoms with Gasteiger partial charge in [0.05, 0.1) is 6.10 Å². The number of alkyl halides is 3. The maximum absolute atomic E-state index is 13.1. The number of amides is 2. The van der Waals surface area contributed by atoms with Crippen LogP contribution in [0.3, 0.4) is 0 Å². The highest BCUT2D eigenvalue weighted by atomic mass is 19.4. The molecule has 3 N–H and O–H groups in total. The quantitative estimate of drug-likeness (QED) is 0.744. The fourth-order valence-electron chi connectivity index (χ4n) is 2.59. The molecular formula is C15H18F4N2O2. The molecule has 0 spiro atoms. The molecule has 0 aliphatic heterocycles. The molecule has 0 saturated heterocycles. The summed E-state index contributed by atoms with van der Waals surface area (Å²) in [5.41, 5.74) is -0.242. The second-order valence-electron chi connectivity index (χ2n) is 5.65. The van der Waals surface area contributed by atoms with E-state index in [1.165, 1.54) is 0 Å². The van der Waals surface area contributed by atoms with Crippen molar-refractivity contribution < 1.29 is 27.5 Å². The van der Waals surface area contributed by atoms with E-state index in [0.717, 1.165) is 24.3 Å². The fourth-order valence-corrected chi connectivity index (χ4v) is 2.59. The van der Waals surface area contributed by atoms with Gasteiger partial charge in [-0.05, 0) is 43.4 Å². The van der Waals surface area contributed by atoms with Gasteiger partial charge in [-0.25, -0.2) is 9.18 Å². The van der Waals surface area contributed by atoms with Crippen molar-refractivity contribution in [2.24, 2.45) is 0 Å². The molecule has 2 rings (SSSR count). The minimum absolute atomic E-state index is 0.242. The summed E-state index contributed by atoms with van der Waals surface area (Å²) in [4.78, 5) is 11.8. The number of rotatable bonds is 3. The van der Waals surface area contributed by atoms with Crippen LogP contribution in [0.25, 0.3) is 0 Å².